The average Bonchev–Trinajstić information content (AvgIpc) is 2.87. The van der Waals surface area contributed by atoms with Crippen LogP contribution in [0.5, 0.6) is 0 Å². The van der Waals surface area contributed by atoms with E-state index in [1.807, 2.05) is 26.8 Å². The zero-order valence-electron chi connectivity index (χ0n) is 14.3. The Balaban J connectivity index is 2.05. The minimum Gasteiger partial charge on any atom is -0.337 e. The molecule has 1 aromatic rings. The van der Waals surface area contributed by atoms with E-state index < -0.39 is 10.0 Å². The largest absolute Gasteiger partial charge is 0.337 e. The topological polar surface area (TPSA) is 75.5 Å². The molecule has 0 aliphatic carbocycles. The van der Waals surface area contributed by atoms with E-state index in [1.54, 1.807) is 9.58 Å². The van der Waals surface area contributed by atoms with Crippen molar-refractivity contribution in [2.24, 2.45) is 0 Å². The first-order chi connectivity index (χ1) is 10.8. The SMILES string of the molecule is CCN(C1CCN(C(=O)c2cc(C)nn2CC)CC1)S(C)(=O)=O. The fraction of sp³-hybridized carbons (Fsp3) is 0.733. The molecule has 0 aromatic carbocycles. The average molecular weight is 342 g/mol. The van der Waals surface area contributed by atoms with Gasteiger partial charge >= 0.3 is 0 Å². The zero-order valence-corrected chi connectivity index (χ0v) is 15.1. The molecule has 2 rings (SSSR count). The number of amides is 1. The molecule has 0 radical (unpaired) electrons. The van der Waals surface area contributed by atoms with Crippen molar-refractivity contribution in [3.63, 3.8) is 0 Å². The highest BCUT2D eigenvalue weighted by Gasteiger charge is 2.31. The number of hydrogen-bond donors (Lipinski definition) is 0. The van der Waals surface area contributed by atoms with Crippen molar-refractivity contribution in [2.75, 3.05) is 25.9 Å². The fourth-order valence-corrected chi connectivity index (χ4v) is 4.46. The van der Waals surface area contributed by atoms with E-state index >= 15 is 0 Å². The molecule has 8 heteroatoms. The number of aromatic nitrogens is 2. The number of carbonyl (C=O) groups is 1. The van der Waals surface area contributed by atoms with E-state index in [9.17, 15) is 13.2 Å². The van der Waals surface area contributed by atoms with Crippen LogP contribution in [0.1, 0.15) is 42.9 Å². The Morgan fingerprint density at radius 1 is 1.35 bits per heavy atom. The maximum Gasteiger partial charge on any atom is 0.272 e. The van der Waals surface area contributed by atoms with Gasteiger partial charge in [0.15, 0.2) is 0 Å². The molecule has 1 aliphatic rings. The lowest BCUT2D eigenvalue weighted by Crippen LogP contribution is -2.48. The lowest BCUT2D eigenvalue weighted by Gasteiger charge is -2.36. The van der Waals surface area contributed by atoms with Crippen LogP contribution < -0.4 is 0 Å². The molecule has 2 heterocycles. The molecule has 23 heavy (non-hydrogen) atoms. The number of likely N-dealkylation sites (tertiary alicyclic amines) is 1. The third-order valence-electron chi connectivity index (χ3n) is 4.32. The maximum absolute atomic E-state index is 12.7. The van der Waals surface area contributed by atoms with Crippen molar-refractivity contribution in [3.8, 4) is 0 Å². The number of sulfonamides is 1. The quantitative estimate of drug-likeness (QED) is 0.803. The molecule has 1 amide bonds. The van der Waals surface area contributed by atoms with Crippen molar-refractivity contribution in [1.82, 2.24) is 19.0 Å². The van der Waals surface area contributed by atoms with E-state index in [2.05, 4.69) is 5.10 Å². The molecular weight excluding hydrogens is 316 g/mol. The Bertz CT molecular complexity index is 660. The second-order valence-electron chi connectivity index (χ2n) is 5.98. The lowest BCUT2D eigenvalue weighted by atomic mass is 10.0. The van der Waals surface area contributed by atoms with Crippen LogP contribution in [-0.4, -0.2) is 65.2 Å². The molecule has 0 atom stereocenters. The molecule has 130 valence electrons. The minimum absolute atomic E-state index is 0.0168. The molecule has 1 aliphatic heterocycles. The number of piperidine rings is 1. The number of carbonyl (C=O) groups excluding carboxylic acids is 1. The van der Waals surface area contributed by atoms with Crippen molar-refractivity contribution < 1.29 is 13.2 Å². The molecular formula is C15H26N4O3S. The van der Waals surface area contributed by atoms with Crippen LogP contribution in [0.3, 0.4) is 0 Å². The summed E-state index contributed by atoms with van der Waals surface area (Å²) in [7, 11) is -3.20. The molecule has 1 aromatic heterocycles. The van der Waals surface area contributed by atoms with E-state index in [0.717, 1.165) is 5.69 Å². The Labute approximate surface area is 138 Å². The van der Waals surface area contributed by atoms with Crippen LogP contribution in [0.25, 0.3) is 0 Å². The smallest absolute Gasteiger partial charge is 0.272 e. The molecule has 7 nitrogen and oxygen atoms in total. The number of nitrogens with zero attached hydrogens (tertiary/aromatic N) is 4. The second-order valence-corrected chi connectivity index (χ2v) is 7.91. The summed E-state index contributed by atoms with van der Waals surface area (Å²) in [6, 6.07) is 1.80. The van der Waals surface area contributed by atoms with Crippen LogP contribution in [0.15, 0.2) is 6.07 Å². The molecule has 0 saturated carbocycles. The summed E-state index contributed by atoms with van der Waals surface area (Å²) in [5.41, 5.74) is 1.44. The van der Waals surface area contributed by atoms with Crippen molar-refractivity contribution in [2.45, 2.75) is 46.2 Å². The van der Waals surface area contributed by atoms with E-state index in [-0.39, 0.29) is 11.9 Å². The van der Waals surface area contributed by atoms with Gasteiger partial charge < -0.3 is 4.90 Å². The van der Waals surface area contributed by atoms with Crippen LogP contribution in [-0.2, 0) is 16.6 Å². The summed E-state index contributed by atoms with van der Waals surface area (Å²) in [6.45, 7) is 7.96. The first kappa shape index (κ1) is 17.9. The molecule has 0 N–H and O–H groups in total. The van der Waals surface area contributed by atoms with Gasteiger partial charge in [-0.1, -0.05) is 6.92 Å². The normalized spacial score (nSPS) is 17.0. The molecule has 1 saturated heterocycles. The Morgan fingerprint density at radius 2 is 1.96 bits per heavy atom. The summed E-state index contributed by atoms with van der Waals surface area (Å²) in [5, 5.41) is 4.32. The van der Waals surface area contributed by atoms with E-state index in [0.29, 0.717) is 44.7 Å². The van der Waals surface area contributed by atoms with Crippen LogP contribution >= 0.6 is 0 Å². The van der Waals surface area contributed by atoms with E-state index in [4.69, 9.17) is 0 Å². The van der Waals surface area contributed by atoms with Gasteiger partial charge in [-0.3, -0.25) is 9.48 Å². The van der Waals surface area contributed by atoms with Gasteiger partial charge in [0.05, 0.1) is 11.9 Å². The zero-order chi connectivity index (χ0) is 17.2. The number of rotatable bonds is 5. The highest BCUT2D eigenvalue weighted by atomic mass is 32.2. The minimum atomic E-state index is -3.20. The highest BCUT2D eigenvalue weighted by molar-refractivity contribution is 7.88. The number of hydrogen-bond acceptors (Lipinski definition) is 4. The fourth-order valence-electron chi connectivity index (χ4n) is 3.24. The molecule has 0 unspecified atom stereocenters. The summed E-state index contributed by atoms with van der Waals surface area (Å²) in [4.78, 5) is 14.5. The van der Waals surface area contributed by atoms with Gasteiger partial charge in [0.1, 0.15) is 5.69 Å². The summed E-state index contributed by atoms with van der Waals surface area (Å²) in [6.07, 6.45) is 2.59. The molecule has 0 bridgehead atoms. The summed E-state index contributed by atoms with van der Waals surface area (Å²) < 4.78 is 26.9. The van der Waals surface area contributed by atoms with Gasteiger partial charge in [0, 0.05) is 32.2 Å². The van der Waals surface area contributed by atoms with Gasteiger partial charge in [-0.25, -0.2) is 8.42 Å². The van der Waals surface area contributed by atoms with Crippen molar-refractivity contribution >= 4 is 15.9 Å². The predicted molar refractivity (Wildman–Crippen MR) is 88.8 cm³/mol. The van der Waals surface area contributed by atoms with Crippen LogP contribution in [0.2, 0.25) is 0 Å². The van der Waals surface area contributed by atoms with Gasteiger partial charge in [0.2, 0.25) is 10.0 Å². The van der Waals surface area contributed by atoms with E-state index in [1.165, 1.54) is 10.6 Å². The monoisotopic (exact) mass is 342 g/mol. The Morgan fingerprint density at radius 3 is 2.43 bits per heavy atom. The standard InChI is InChI=1S/C15H26N4O3S/c1-5-18-14(11-12(3)16-18)15(20)17-9-7-13(8-10-17)19(6-2)23(4,21)22/h11,13H,5-10H2,1-4H3. The van der Waals surface area contributed by atoms with Crippen molar-refractivity contribution in [1.29, 1.82) is 0 Å². The van der Waals surface area contributed by atoms with Crippen molar-refractivity contribution in [3.05, 3.63) is 17.5 Å². The molecule has 1 fully saturated rings. The van der Waals surface area contributed by atoms with Crippen LogP contribution in [0.4, 0.5) is 0 Å². The Hall–Kier alpha value is -1.41. The predicted octanol–water partition coefficient (Wildman–Crippen LogP) is 1.10. The van der Waals surface area contributed by atoms with Crippen LogP contribution in [0, 0.1) is 6.92 Å². The first-order valence-corrected chi connectivity index (χ1v) is 9.93. The van der Waals surface area contributed by atoms with Gasteiger partial charge in [-0.05, 0) is 32.8 Å². The van der Waals surface area contributed by atoms with Gasteiger partial charge in [0.25, 0.3) is 5.91 Å². The highest BCUT2D eigenvalue weighted by Crippen LogP contribution is 2.20. The van der Waals surface area contributed by atoms with Gasteiger partial charge in [-0.2, -0.15) is 9.40 Å². The summed E-state index contributed by atoms with van der Waals surface area (Å²) in [5.74, 6) is -0.0201. The second kappa shape index (κ2) is 7.00. The lowest BCUT2D eigenvalue weighted by molar-refractivity contribution is 0.0668. The first-order valence-electron chi connectivity index (χ1n) is 8.08. The molecule has 0 spiro atoms. The Kier molecular flexibility index (Phi) is 5.46. The maximum atomic E-state index is 12.7. The summed E-state index contributed by atoms with van der Waals surface area (Å²) >= 11 is 0. The third-order valence-corrected chi connectivity index (χ3v) is 5.73. The number of aryl methyl sites for hydroxylation is 2. The third kappa shape index (κ3) is 3.92. The van der Waals surface area contributed by atoms with Gasteiger partial charge in [-0.15, -0.1) is 0 Å².